The minimum Gasteiger partial charge on any atom is -0.465 e. The van der Waals surface area contributed by atoms with E-state index in [2.05, 4.69) is 4.98 Å². The molecule has 1 aromatic heterocycles. The molecule has 0 saturated heterocycles. The molecular weight excluding hydrogens is 295 g/mol. The zero-order valence-corrected chi connectivity index (χ0v) is 12.2. The highest BCUT2D eigenvalue weighted by Crippen LogP contribution is 2.21. The van der Waals surface area contributed by atoms with Gasteiger partial charge in [-0.25, -0.2) is 4.98 Å². The highest BCUT2D eigenvalue weighted by molar-refractivity contribution is 7.98. The SMILES string of the molecule is CCOC(=O)C(N)CSCc1nc(Cl)ccc1Cl. The fourth-order valence-electron chi connectivity index (χ4n) is 1.16. The first-order valence-electron chi connectivity index (χ1n) is 5.35. The Morgan fingerprint density at radius 2 is 2.28 bits per heavy atom. The predicted octanol–water partition coefficient (Wildman–Crippen LogP) is 2.51. The van der Waals surface area contributed by atoms with Crippen LogP contribution in [0.4, 0.5) is 0 Å². The number of hydrogen-bond donors (Lipinski definition) is 1. The summed E-state index contributed by atoms with van der Waals surface area (Å²) in [7, 11) is 0. The van der Waals surface area contributed by atoms with Gasteiger partial charge in [0.05, 0.1) is 17.3 Å². The maximum Gasteiger partial charge on any atom is 0.323 e. The van der Waals surface area contributed by atoms with E-state index < -0.39 is 12.0 Å². The van der Waals surface area contributed by atoms with Crippen molar-refractivity contribution in [2.24, 2.45) is 5.73 Å². The second-order valence-corrected chi connectivity index (χ2v) is 5.26. The number of thioether (sulfide) groups is 1. The van der Waals surface area contributed by atoms with E-state index in [1.807, 2.05) is 0 Å². The highest BCUT2D eigenvalue weighted by Gasteiger charge is 2.14. The van der Waals surface area contributed by atoms with Crippen molar-refractivity contribution in [3.05, 3.63) is 28.0 Å². The molecule has 2 N–H and O–H groups in total. The molecule has 0 aliphatic rings. The molecule has 0 fully saturated rings. The zero-order chi connectivity index (χ0) is 13.5. The number of nitrogens with zero attached hydrogens (tertiary/aromatic N) is 1. The molecule has 1 heterocycles. The van der Waals surface area contributed by atoms with Crippen molar-refractivity contribution in [1.29, 1.82) is 0 Å². The Bertz CT molecular complexity index is 418. The summed E-state index contributed by atoms with van der Waals surface area (Å²) in [5.74, 6) is 0.603. The van der Waals surface area contributed by atoms with Gasteiger partial charge in [0.15, 0.2) is 0 Å². The molecule has 1 aromatic rings. The molecule has 0 spiro atoms. The van der Waals surface area contributed by atoms with Crippen LogP contribution in [0.2, 0.25) is 10.2 Å². The van der Waals surface area contributed by atoms with E-state index in [4.69, 9.17) is 33.7 Å². The second-order valence-electron chi connectivity index (χ2n) is 3.44. The average molecular weight is 309 g/mol. The van der Waals surface area contributed by atoms with Gasteiger partial charge in [0, 0.05) is 11.5 Å². The fourth-order valence-corrected chi connectivity index (χ4v) is 2.50. The quantitative estimate of drug-likeness (QED) is 0.646. The van der Waals surface area contributed by atoms with Crippen LogP contribution in [-0.2, 0) is 15.3 Å². The molecule has 4 nitrogen and oxygen atoms in total. The average Bonchev–Trinajstić information content (AvgIpc) is 2.33. The van der Waals surface area contributed by atoms with Crippen LogP contribution in [0.25, 0.3) is 0 Å². The minimum absolute atomic E-state index is 0.332. The zero-order valence-electron chi connectivity index (χ0n) is 9.86. The summed E-state index contributed by atoms with van der Waals surface area (Å²) in [6, 6.07) is 2.69. The lowest BCUT2D eigenvalue weighted by molar-refractivity contribution is -0.144. The number of esters is 1. The Morgan fingerprint density at radius 3 is 2.94 bits per heavy atom. The highest BCUT2D eigenvalue weighted by atomic mass is 35.5. The normalized spacial score (nSPS) is 12.2. The molecular formula is C11H14Cl2N2O2S. The smallest absolute Gasteiger partial charge is 0.323 e. The van der Waals surface area contributed by atoms with Crippen molar-refractivity contribution in [2.45, 2.75) is 18.7 Å². The summed E-state index contributed by atoms with van der Waals surface area (Å²) in [5.41, 5.74) is 6.35. The van der Waals surface area contributed by atoms with Gasteiger partial charge in [-0.05, 0) is 19.1 Å². The molecule has 0 aliphatic carbocycles. The van der Waals surface area contributed by atoms with E-state index >= 15 is 0 Å². The van der Waals surface area contributed by atoms with E-state index in [0.717, 1.165) is 0 Å². The molecule has 1 unspecified atom stereocenters. The van der Waals surface area contributed by atoms with E-state index in [-0.39, 0.29) is 0 Å². The van der Waals surface area contributed by atoms with E-state index in [1.54, 1.807) is 19.1 Å². The van der Waals surface area contributed by atoms with Gasteiger partial charge < -0.3 is 10.5 Å². The minimum atomic E-state index is -0.632. The fraction of sp³-hybridized carbons (Fsp3) is 0.455. The monoisotopic (exact) mass is 308 g/mol. The maximum atomic E-state index is 11.3. The summed E-state index contributed by atoms with van der Waals surface area (Å²) >= 11 is 13.2. The Morgan fingerprint density at radius 1 is 1.56 bits per heavy atom. The lowest BCUT2D eigenvalue weighted by Gasteiger charge is -2.10. The molecule has 1 atom stereocenters. The van der Waals surface area contributed by atoms with Gasteiger partial charge in [-0.1, -0.05) is 23.2 Å². The lowest BCUT2D eigenvalue weighted by atomic mass is 10.4. The van der Waals surface area contributed by atoms with Gasteiger partial charge in [-0.2, -0.15) is 11.8 Å². The molecule has 0 aliphatic heterocycles. The van der Waals surface area contributed by atoms with Gasteiger partial charge in [-0.3, -0.25) is 4.79 Å². The molecule has 100 valence electrons. The van der Waals surface area contributed by atoms with Crippen LogP contribution >= 0.6 is 35.0 Å². The van der Waals surface area contributed by atoms with Crippen molar-refractivity contribution in [2.75, 3.05) is 12.4 Å². The van der Waals surface area contributed by atoms with Gasteiger partial charge >= 0.3 is 5.97 Å². The van der Waals surface area contributed by atoms with Crippen LogP contribution in [0, 0.1) is 0 Å². The Hall–Kier alpha value is -0.490. The summed E-state index contributed by atoms with van der Waals surface area (Å²) in [5, 5.41) is 0.946. The molecule has 0 radical (unpaired) electrons. The Balaban J connectivity index is 2.41. The van der Waals surface area contributed by atoms with Gasteiger partial charge in [0.1, 0.15) is 11.2 Å². The number of ether oxygens (including phenoxy) is 1. The number of nitrogens with two attached hydrogens (primary N) is 1. The van der Waals surface area contributed by atoms with Crippen LogP contribution in [0.1, 0.15) is 12.6 Å². The van der Waals surface area contributed by atoms with Crippen LogP contribution in [-0.4, -0.2) is 29.4 Å². The third kappa shape index (κ3) is 5.02. The third-order valence-corrected chi connectivity index (χ3v) is 3.64. The third-order valence-electron chi connectivity index (χ3n) is 2.01. The number of carbonyl (C=O) groups excluding carboxylic acids is 1. The first-order chi connectivity index (χ1) is 8.54. The summed E-state index contributed by atoms with van der Waals surface area (Å²) in [6.45, 7) is 2.08. The van der Waals surface area contributed by atoms with Crippen LogP contribution in [0.3, 0.4) is 0 Å². The van der Waals surface area contributed by atoms with Gasteiger partial charge in [0.2, 0.25) is 0 Å². The number of halogens is 2. The van der Waals surface area contributed by atoms with Crippen molar-refractivity contribution in [3.8, 4) is 0 Å². The van der Waals surface area contributed by atoms with Crippen molar-refractivity contribution >= 4 is 40.9 Å². The molecule has 0 amide bonds. The number of rotatable bonds is 6. The van der Waals surface area contributed by atoms with Crippen molar-refractivity contribution in [1.82, 2.24) is 4.98 Å². The number of carbonyl (C=O) groups is 1. The van der Waals surface area contributed by atoms with E-state index in [9.17, 15) is 4.79 Å². The second kappa shape index (κ2) is 7.84. The number of aromatic nitrogens is 1. The molecule has 0 aromatic carbocycles. The Kier molecular flexibility index (Phi) is 6.78. The largest absolute Gasteiger partial charge is 0.465 e. The van der Waals surface area contributed by atoms with Crippen LogP contribution < -0.4 is 5.73 Å². The summed E-state index contributed by atoms with van der Waals surface area (Å²) in [4.78, 5) is 15.4. The van der Waals surface area contributed by atoms with Gasteiger partial charge in [0.25, 0.3) is 0 Å². The number of pyridine rings is 1. The molecule has 0 saturated carbocycles. The van der Waals surface area contributed by atoms with E-state index in [0.29, 0.717) is 34.0 Å². The first-order valence-corrected chi connectivity index (χ1v) is 7.26. The van der Waals surface area contributed by atoms with Crippen LogP contribution in [0.15, 0.2) is 12.1 Å². The van der Waals surface area contributed by atoms with Gasteiger partial charge in [-0.15, -0.1) is 0 Å². The summed E-state index contributed by atoms with van der Waals surface area (Å²) < 4.78 is 4.81. The number of hydrogen-bond acceptors (Lipinski definition) is 5. The topological polar surface area (TPSA) is 65.2 Å². The molecule has 7 heteroatoms. The Labute approximate surface area is 120 Å². The molecule has 1 rings (SSSR count). The van der Waals surface area contributed by atoms with Crippen molar-refractivity contribution < 1.29 is 9.53 Å². The van der Waals surface area contributed by atoms with Crippen LogP contribution in [0.5, 0.6) is 0 Å². The maximum absolute atomic E-state index is 11.3. The summed E-state index contributed by atoms with van der Waals surface area (Å²) in [6.07, 6.45) is 0. The standard InChI is InChI=1S/C11H14Cl2N2O2S/c1-2-17-11(16)8(14)5-18-6-9-7(12)3-4-10(13)15-9/h3-4,8H,2,5-6,14H2,1H3. The van der Waals surface area contributed by atoms with Crippen molar-refractivity contribution in [3.63, 3.8) is 0 Å². The molecule has 0 bridgehead atoms. The first kappa shape index (κ1) is 15.6. The lowest BCUT2D eigenvalue weighted by Crippen LogP contribution is -2.34. The van der Waals surface area contributed by atoms with E-state index in [1.165, 1.54) is 11.8 Å². The molecule has 18 heavy (non-hydrogen) atoms. The predicted molar refractivity (Wildman–Crippen MR) is 75.0 cm³/mol.